The Kier molecular flexibility index (Phi) is 4.69. The highest BCUT2D eigenvalue weighted by Gasteiger charge is 2.28. The third-order valence-corrected chi connectivity index (χ3v) is 5.19. The van der Waals surface area contributed by atoms with Crippen molar-refractivity contribution < 1.29 is 9.53 Å². The normalized spacial score (nSPS) is 16.5. The minimum Gasteiger partial charge on any atom is -0.472 e. The van der Waals surface area contributed by atoms with Crippen molar-refractivity contribution in [1.82, 2.24) is 28.6 Å². The van der Waals surface area contributed by atoms with Crippen molar-refractivity contribution in [3.63, 3.8) is 0 Å². The molecule has 0 N–H and O–H groups in total. The molecule has 29 heavy (non-hydrogen) atoms. The number of likely N-dealkylation sites (tertiary alicyclic amines) is 1. The van der Waals surface area contributed by atoms with Gasteiger partial charge in [0.2, 0.25) is 11.8 Å². The number of aryl methyl sites for hydroxylation is 2. The standard InChI is InChI=1S/C19H22N6O4/c1-12-4-5-14(20-8-12)29-13-6-7-24(9-13)15(26)10-25-11-21-17-16(25)18(27)23(3)19(28)22(17)2/h4-5,8,11,13H,6-7,9-10H2,1-3H3. The van der Waals surface area contributed by atoms with Crippen LogP contribution in [0.25, 0.3) is 11.2 Å². The van der Waals surface area contributed by atoms with Crippen LogP contribution in [0, 0.1) is 6.92 Å². The van der Waals surface area contributed by atoms with Gasteiger partial charge in [-0.2, -0.15) is 0 Å². The second-order valence-electron chi connectivity index (χ2n) is 7.29. The Balaban J connectivity index is 1.48. The molecule has 3 aromatic rings. The van der Waals surface area contributed by atoms with E-state index in [-0.39, 0.29) is 29.7 Å². The molecule has 1 aliphatic heterocycles. The molecule has 10 nitrogen and oxygen atoms in total. The second-order valence-corrected chi connectivity index (χ2v) is 7.29. The topological polar surface area (TPSA) is 104 Å². The third-order valence-electron chi connectivity index (χ3n) is 5.19. The van der Waals surface area contributed by atoms with Crippen LogP contribution in [0.4, 0.5) is 0 Å². The summed E-state index contributed by atoms with van der Waals surface area (Å²) in [5.74, 6) is 0.406. The lowest BCUT2D eigenvalue weighted by atomic mass is 10.3. The lowest BCUT2D eigenvalue weighted by Crippen LogP contribution is -2.38. The van der Waals surface area contributed by atoms with Gasteiger partial charge in [0.25, 0.3) is 5.56 Å². The zero-order valence-corrected chi connectivity index (χ0v) is 16.5. The summed E-state index contributed by atoms with van der Waals surface area (Å²) < 4.78 is 9.67. The fourth-order valence-corrected chi connectivity index (χ4v) is 3.51. The number of nitrogens with zero attached hydrogens (tertiary/aromatic N) is 6. The first-order valence-corrected chi connectivity index (χ1v) is 9.33. The van der Waals surface area contributed by atoms with Gasteiger partial charge in [-0.25, -0.2) is 14.8 Å². The molecule has 1 fully saturated rings. The Morgan fingerprint density at radius 3 is 2.72 bits per heavy atom. The van der Waals surface area contributed by atoms with E-state index in [0.29, 0.717) is 25.4 Å². The van der Waals surface area contributed by atoms with Gasteiger partial charge in [0.05, 0.1) is 12.9 Å². The van der Waals surface area contributed by atoms with Gasteiger partial charge < -0.3 is 14.2 Å². The number of hydrogen-bond acceptors (Lipinski definition) is 6. The number of ether oxygens (including phenoxy) is 1. The summed E-state index contributed by atoms with van der Waals surface area (Å²) in [6.45, 7) is 2.95. The molecule has 152 valence electrons. The number of hydrogen-bond donors (Lipinski definition) is 0. The molecular weight excluding hydrogens is 376 g/mol. The monoisotopic (exact) mass is 398 g/mol. The molecule has 0 saturated carbocycles. The van der Waals surface area contributed by atoms with Crippen molar-refractivity contribution in [1.29, 1.82) is 0 Å². The molecule has 3 aromatic heterocycles. The van der Waals surface area contributed by atoms with Crippen molar-refractivity contribution in [3.8, 4) is 5.88 Å². The number of rotatable bonds is 4. The molecular formula is C19H22N6O4. The first-order valence-electron chi connectivity index (χ1n) is 9.33. The van der Waals surface area contributed by atoms with Gasteiger partial charge in [-0.3, -0.25) is 18.7 Å². The fourth-order valence-electron chi connectivity index (χ4n) is 3.51. The number of fused-ring (bicyclic) bond motifs is 1. The molecule has 1 amide bonds. The van der Waals surface area contributed by atoms with Crippen LogP contribution < -0.4 is 16.0 Å². The number of pyridine rings is 1. The van der Waals surface area contributed by atoms with E-state index in [4.69, 9.17) is 4.74 Å². The van der Waals surface area contributed by atoms with Crippen LogP contribution in [0.3, 0.4) is 0 Å². The quantitative estimate of drug-likeness (QED) is 0.604. The van der Waals surface area contributed by atoms with Gasteiger partial charge in [-0.15, -0.1) is 0 Å². The van der Waals surface area contributed by atoms with Crippen LogP contribution in [0.5, 0.6) is 5.88 Å². The minimum absolute atomic E-state index is 0.0283. The predicted octanol–water partition coefficient (Wildman–Crippen LogP) is -0.183. The van der Waals surface area contributed by atoms with Crippen molar-refractivity contribution in [2.75, 3.05) is 13.1 Å². The number of imidazole rings is 1. The van der Waals surface area contributed by atoms with E-state index in [2.05, 4.69) is 9.97 Å². The molecule has 0 radical (unpaired) electrons. The van der Waals surface area contributed by atoms with Crippen molar-refractivity contribution in [2.45, 2.75) is 26.0 Å². The highest BCUT2D eigenvalue weighted by molar-refractivity contribution is 5.79. The van der Waals surface area contributed by atoms with Gasteiger partial charge in [-0.05, 0) is 12.5 Å². The summed E-state index contributed by atoms with van der Waals surface area (Å²) in [6.07, 6.45) is 3.75. The average Bonchev–Trinajstić information content (AvgIpc) is 3.34. The minimum atomic E-state index is -0.471. The van der Waals surface area contributed by atoms with E-state index in [1.54, 1.807) is 18.1 Å². The van der Waals surface area contributed by atoms with Crippen LogP contribution >= 0.6 is 0 Å². The molecule has 4 rings (SSSR count). The fraction of sp³-hybridized carbons (Fsp3) is 0.421. The van der Waals surface area contributed by atoms with Crippen LogP contribution in [0.2, 0.25) is 0 Å². The zero-order valence-electron chi connectivity index (χ0n) is 16.5. The Labute approximate surface area is 166 Å². The van der Waals surface area contributed by atoms with E-state index in [1.165, 1.54) is 22.5 Å². The molecule has 1 unspecified atom stereocenters. The molecule has 10 heteroatoms. The summed E-state index contributed by atoms with van der Waals surface area (Å²) in [4.78, 5) is 47.4. The van der Waals surface area contributed by atoms with E-state index in [9.17, 15) is 14.4 Å². The summed E-state index contributed by atoms with van der Waals surface area (Å²) in [5, 5.41) is 0. The summed E-state index contributed by atoms with van der Waals surface area (Å²) >= 11 is 0. The van der Waals surface area contributed by atoms with Crippen LogP contribution in [-0.4, -0.2) is 53.7 Å². The summed E-state index contributed by atoms with van der Waals surface area (Å²) in [5.41, 5.74) is 0.624. The summed E-state index contributed by atoms with van der Waals surface area (Å²) in [7, 11) is 2.95. The molecule has 0 aromatic carbocycles. The zero-order chi connectivity index (χ0) is 20.7. The van der Waals surface area contributed by atoms with Crippen LogP contribution in [0.1, 0.15) is 12.0 Å². The first-order chi connectivity index (χ1) is 13.8. The van der Waals surface area contributed by atoms with E-state index >= 15 is 0 Å². The Hall–Kier alpha value is -3.43. The smallest absolute Gasteiger partial charge is 0.332 e. The molecule has 1 atom stereocenters. The van der Waals surface area contributed by atoms with Gasteiger partial charge in [0, 0.05) is 39.3 Å². The number of amides is 1. The summed E-state index contributed by atoms with van der Waals surface area (Å²) in [6, 6.07) is 3.75. The van der Waals surface area contributed by atoms with Crippen molar-refractivity contribution in [2.24, 2.45) is 14.1 Å². The number of carbonyl (C=O) groups is 1. The van der Waals surface area contributed by atoms with E-state index in [1.807, 2.05) is 19.1 Å². The third kappa shape index (κ3) is 3.41. The van der Waals surface area contributed by atoms with Gasteiger partial charge >= 0.3 is 5.69 Å². The predicted molar refractivity (Wildman–Crippen MR) is 105 cm³/mol. The largest absolute Gasteiger partial charge is 0.472 e. The first kappa shape index (κ1) is 18.9. The molecule has 0 bridgehead atoms. The Bertz CT molecular complexity index is 1190. The number of carbonyl (C=O) groups excluding carboxylic acids is 1. The molecule has 1 saturated heterocycles. The second kappa shape index (κ2) is 7.19. The maximum Gasteiger partial charge on any atom is 0.332 e. The molecule has 4 heterocycles. The molecule has 0 aliphatic carbocycles. The van der Waals surface area contributed by atoms with Gasteiger partial charge in [0.15, 0.2) is 11.2 Å². The highest BCUT2D eigenvalue weighted by Crippen LogP contribution is 2.17. The molecule has 0 spiro atoms. The number of aromatic nitrogens is 5. The lowest BCUT2D eigenvalue weighted by Gasteiger charge is -2.17. The van der Waals surface area contributed by atoms with Crippen molar-refractivity contribution in [3.05, 3.63) is 51.1 Å². The van der Waals surface area contributed by atoms with Gasteiger partial charge in [0.1, 0.15) is 12.6 Å². The maximum absolute atomic E-state index is 12.8. The Morgan fingerprint density at radius 1 is 1.21 bits per heavy atom. The van der Waals surface area contributed by atoms with Crippen LogP contribution in [-0.2, 0) is 25.4 Å². The van der Waals surface area contributed by atoms with E-state index in [0.717, 1.165) is 10.1 Å². The highest BCUT2D eigenvalue weighted by atomic mass is 16.5. The van der Waals surface area contributed by atoms with Crippen molar-refractivity contribution >= 4 is 17.1 Å². The Morgan fingerprint density at radius 2 is 2.00 bits per heavy atom. The van der Waals surface area contributed by atoms with Crippen LogP contribution in [0.15, 0.2) is 34.2 Å². The maximum atomic E-state index is 12.8. The van der Waals surface area contributed by atoms with Gasteiger partial charge in [-0.1, -0.05) is 6.07 Å². The lowest BCUT2D eigenvalue weighted by molar-refractivity contribution is -0.131. The SMILES string of the molecule is Cc1ccc(OC2CCN(C(=O)Cn3cnc4c3c(=O)n(C)c(=O)n4C)C2)nc1. The average molecular weight is 398 g/mol. The molecule has 1 aliphatic rings. The van der Waals surface area contributed by atoms with E-state index < -0.39 is 11.2 Å².